The molecule has 50 valence electrons. The van der Waals surface area contributed by atoms with Gasteiger partial charge in [0.2, 0.25) is 0 Å². The van der Waals surface area contributed by atoms with Crippen LogP contribution in [0, 0.1) is 0 Å². The minimum absolute atomic E-state index is 1.09. The van der Waals surface area contributed by atoms with E-state index in [2.05, 4.69) is 22.5 Å². The lowest BCUT2D eigenvalue weighted by Gasteiger charge is -2.06. The number of pyridine rings is 1. The van der Waals surface area contributed by atoms with Gasteiger partial charge >= 0.3 is 0 Å². The molecule has 0 unspecified atom stereocenters. The van der Waals surface area contributed by atoms with Crippen molar-refractivity contribution in [2.24, 2.45) is 0 Å². The highest BCUT2D eigenvalue weighted by molar-refractivity contribution is 8.01. The monoisotopic (exact) mass is 149 g/mol. The van der Waals surface area contributed by atoms with Gasteiger partial charge in [0, 0.05) is 18.1 Å². The number of aromatic nitrogens is 1. The zero-order valence-corrected chi connectivity index (χ0v) is 6.27. The minimum Gasteiger partial charge on any atom is -0.264 e. The van der Waals surface area contributed by atoms with E-state index in [0.29, 0.717) is 0 Å². The van der Waals surface area contributed by atoms with E-state index in [1.807, 2.05) is 24.2 Å². The van der Waals surface area contributed by atoms with Gasteiger partial charge in [0.05, 0.1) is 0 Å². The number of hydrogen-bond acceptors (Lipinski definition) is 2. The zero-order chi connectivity index (χ0) is 6.81. The van der Waals surface area contributed by atoms with E-state index in [1.165, 1.54) is 11.1 Å². The van der Waals surface area contributed by atoms with Crippen LogP contribution < -0.4 is 0 Å². The van der Waals surface area contributed by atoms with Gasteiger partial charge in [-0.05, 0) is 28.7 Å². The molecule has 1 nitrogen and oxygen atoms in total. The van der Waals surface area contributed by atoms with Crippen molar-refractivity contribution in [3.8, 4) is 0 Å². The topological polar surface area (TPSA) is 12.9 Å². The molecule has 1 aromatic rings. The second kappa shape index (κ2) is 2.46. The predicted molar refractivity (Wildman–Crippen MR) is 44.6 cm³/mol. The Balaban J connectivity index is 2.54. The molecule has 0 aliphatic carbocycles. The summed E-state index contributed by atoms with van der Waals surface area (Å²) in [7, 11) is 0. The van der Waals surface area contributed by atoms with Crippen LogP contribution in [0.1, 0.15) is 11.1 Å². The highest BCUT2D eigenvalue weighted by Crippen LogP contribution is 2.23. The molecule has 0 aromatic carbocycles. The summed E-state index contributed by atoms with van der Waals surface area (Å²) in [5, 5.41) is 2.12. The van der Waals surface area contributed by atoms with Gasteiger partial charge in [0.15, 0.2) is 0 Å². The van der Waals surface area contributed by atoms with Crippen LogP contribution in [0.15, 0.2) is 23.9 Å². The summed E-state index contributed by atoms with van der Waals surface area (Å²) in [5.74, 6) is 1.09. The Morgan fingerprint density at radius 2 is 2.50 bits per heavy atom. The summed E-state index contributed by atoms with van der Waals surface area (Å²) < 4.78 is 0. The standard InChI is InChI=1S/C8H7NS/c1-3-9-5-7-2-4-10-6-8(1)7/h1-5H,6H2. The smallest absolute Gasteiger partial charge is 0.0343 e. The minimum atomic E-state index is 1.09. The van der Waals surface area contributed by atoms with Gasteiger partial charge in [0.1, 0.15) is 0 Å². The lowest BCUT2D eigenvalue weighted by molar-refractivity contribution is 1.25. The Bertz CT molecular complexity index is 268. The first-order valence-corrected chi connectivity index (χ1v) is 4.23. The average molecular weight is 149 g/mol. The van der Waals surface area contributed by atoms with Crippen LogP contribution in [0.5, 0.6) is 0 Å². The lowest BCUT2D eigenvalue weighted by atomic mass is 10.1. The van der Waals surface area contributed by atoms with E-state index in [-0.39, 0.29) is 0 Å². The van der Waals surface area contributed by atoms with Crippen LogP contribution in [0.25, 0.3) is 6.08 Å². The summed E-state index contributed by atoms with van der Waals surface area (Å²) in [5.41, 5.74) is 2.66. The second-order valence-corrected chi connectivity index (χ2v) is 3.08. The van der Waals surface area contributed by atoms with E-state index in [9.17, 15) is 0 Å². The van der Waals surface area contributed by atoms with Crippen molar-refractivity contribution in [2.75, 3.05) is 0 Å². The molecule has 0 radical (unpaired) electrons. The Labute approximate surface area is 64.2 Å². The van der Waals surface area contributed by atoms with Crippen molar-refractivity contribution in [1.29, 1.82) is 0 Å². The van der Waals surface area contributed by atoms with Crippen molar-refractivity contribution in [2.45, 2.75) is 5.75 Å². The summed E-state index contributed by atoms with van der Waals surface area (Å²) in [4.78, 5) is 4.04. The fourth-order valence-electron chi connectivity index (χ4n) is 0.976. The van der Waals surface area contributed by atoms with Gasteiger partial charge in [-0.15, -0.1) is 11.8 Å². The number of nitrogens with zero attached hydrogens (tertiary/aromatic N) is 1. The fraction of sp³-hybridized carbons (Fsp3) is 0.125. The molecule has 10 heavy (non-hydrogen) atoms. The molecule has 2 heteroatoms. The van der Waals surface area contributed by atoms with Crippen molar-refractivity contribution < 1.29 is 0 Å². The zero-order valence-electron chi connectivity index (χ0n) is 5.45. The first-order chi connectivity index (χ1) is 4.97. The number of thioether (sulfide) groups is 1. The van der Waals surface area contributed by atoms with Gasteiger partial charge in [-0.1, -0.05) is 0 Å². The highest BCUT2D eigenvalue weighted by Gasteiger charge is 2.01. The van der Waals surface area contributed by atoms with Crippen LogP contribution >= 0.6 is 11.8 Å². The molecule has 0 bridgehead atoms. The van der Waals surface area contributed by atoms with E-state index in [4.69, 9.17) is 0 Å². The number of hydrogen-bond donors (Lipinski definition) is 0. The van der Waals surface area contributed by atoms with E-state index in [1.54, 1.807) is 0 Å². The van der Waals surface area contributed by atoms with E-state index < -0.39 is 0 Å². The fourth-order valence-corrected chi connectivity index (χ4v) is 1.76. The molecule has 2 heterocycles. The van der Waals surface area contributed by atoms with Gasteiger partial charge < -0.3 is 0 Å². The summed E-state index contributed by atoms with van der Waals surface area (Å²) in [6.45, 7) is 0. The Kier molecular flexibility index (Phi) is 1.47. The normalized spacial score (nSPS) is 14.8. The molecule has 1 aliphatic rings. The maximum absolute atomic E-state index is 4.04. The Morgan fingerprint density at radius 3 is 3.40 bits per heavy atom. The molecule has 0 amide bonds. The quantitative estimate of drug-likeness (QED) is 0.561. The summed E-state index contributed by atoms with van der Waals surface area (Å²) >= 11 is 1.83. The predicted octanol–water partition coefficient (Wildman–Crippen LogP) is 2.30. The third kappa shape index (κ3) is 0.948. The summed E-state index contributed by atoms with van der Waals surface area (Å²) in [6.07, 6.45) is 5.86. The molecule has 0 N–H and O–H groups in total. The molecule has 2 rings (SSSR count). The third-order valence-corrected chi connectivity index (χ3v) is 2.34. The van der Waals surface area contributed by atoms with Gasteiger partial charge in [0.25, 0.3) is 0 Å². The van der Waals surface area contributed by atoms with Crippen molar-refractivity contribution >= 4 is 17.8 Å². The lowest BCUT2D eigenvalue weighted by Crippen LogP contribution is -1.89. The maximum Gasteiger partial charge on any atom is 0.0343 e. The molecular weight excluding hydrogens is 142 g/mol. The SMILES string of the molecule is C1=Cc2cnccc2CS1. The summed E-state index contributed by atoms with van der Waals surface area (Å²) in [6, 6.07) is 2.08. The molecule has 0 fully saturated rings. The van der Waals surface area contributed by atoms with E-state index in [0.717, 1.165) is 5.75 Å². The first-order valence-electron chi connectivity index (χ1n) is 3.18. The second-order valence-electron chi connectivity index (χ2n) is 2.19. The van der Waals surface area contributed by atoms with Crippen LogP contribution in [0.2, 0.25) is 0 Å². The van der Waals surface area contributed by atoms with Crippen LogP contribution in [-0.2, 0) is 5.75 Å². The third-order valence-electron chi connectivity index (χ3n) is 1.53. The van der Waals surface area contributed by atoms with Crippen LogP contribution in [0.4, 0.5) is 0 Å². The van der Waals surface area contributed by atoms with Gasteiger partial charge in [-0.3, -0.25) is 4.98 Å². The maximum atomic E-state index is 4.04. The van der Waals surface area contributed by atoms with Gasteiger partial charge in [-0.2, -0.15) is 0 Å². The molecule has 1 aliphatic heterocycles. The average Bonchev–Trinajstić information content (AvgIpc) is 2.05. The Morgan fingerprint density at radius 1 is 1.50 bits per heavy atom. The Hall–Kier alpha value is -0.760. The largest absolute Gasteiger partial charge is 0.264 e. The number of fused-ring (bicyclic) bond motifs is 1. The molecule has 0 spiro atoms. The molecule has 0 atom stereocenters. The van der Waals surface area contributed by atoms with Crippen molar-refractivity contribution in [1.82, 2.24) is 4.98 Å². The molecule has 0 saturated carbocycles. The van der Waals surface area contributed by atoms with Crippen molar-refractivity contribution in [3.05, 3.63) is 35.0 Å². The molecular formula is C8H7NS. The van der Waals surface area contributed by atoms with Crippen LogP contribution in [0.3, 0.4) is 0 Å². The molecule has 1 aromatic heterocycles. The van der Waals surface area contributed by atoms with Gasteiger partial charge in [-0.25, -0.2) is 0 Å². The molecule has 0 saturated heterocycles. The van der Waals surface area contributed by atoms with Crippen molar-refractivity contribution in [3.63, 3.8) is 0 Å². The number of rotatable bonds is 0. The van der Waals surface area contributed by atoms with Crippen LogP contribution in [-0.4, -0.2) is 4.98 Å². The highest BCUT2D eigenvalue weighted by atomic mass is 32.2. The first kappa shape index (κ1) is 5.98. The van der Waals surface area contributed by atoms with E-state index >= 15 is 0 Å².